The Bertz CT molecular complexity index is 1690. The second kappa shape index (κ2) is 15.0. The van der Waals surface area contributed by atoms with E-state index in [1.165, 1.54) is 18.2 Å². The van der Waals surface area contributed by atoms with Gasteiger partial charge in [-0.15, -0.1) is 0 Å². The van der Waals surface area contributed by atoms with Gasteiger partial charge in [0.25, 0.3) is 11.8 Å². The fourth-order valence-electron chi connectivity index (χ4n) is 5.29. The second-order valence-corrected chi connectivity index (χ2v) is 10.7. The highest BCUT2D eigenvalue weighted by atomic mass is 16.5. The van der Waals surface area contributed by atoms with Gasteiger partial charge in [0, 0.05) is 44.1 Å². The molecule has 0 saturated carbocycles. The number of hydrogen-bond acceptors (Lipinski definition) is 8. The highest BCUT2D eigenvalue weighted by Crippen LogP contribution is 2.34. The van der Waals surface area contributed by atoms with Crippen LogP contribution in [0.5, 0.6) is 11.5 Å². The molecule has 2 amide bonds. The Kier molecular flexibility index (Phi) is 10.5. The first kappa shape index (κ1) is 32.0. The maximum atomic E-state index is 13.5. The smallest absolute Gasteiger partial charge is 0.305 e. The molecule has 1 fully saturated rings. The molecule has 3 aromatic carbocycles. The van der Waals surface area contributed by atoms with E-state index in [2.05, 4.69) is 15.2 Å². The first-order valence-electron chi connectivity index (χ1n) is 14.9. The minimum Gasteiger partial charge on any atom is -0.493 e. The summed E-state index contributed by atoms with van der Waals surface area (Å²) in [4.78, 5) is 45.8. The number of carboxylic acids is 1. The number of aliphatic carboxylic acids is 1. The Morgan fingerprint density at radius 2 is 1.70 bits per heavy atom. The molecule has 0 bridgehead atoms. The summed E-state index contributed by atoms with van der Waals surface area (Å²) in [6.07, 6.45) is 2.87. The van der Waals surface area contributed by atoms with Gasteiger partial charge in [0.2, 0.25) is 0 Å². The highest BCUT2D eigenvalue weighted by molar-refractivity contribution is 6.06. The van der Waals surface area contributed by atoms with Crippen LogP contribution in [0.25, 0.3) is 11.1 Å². The van der Waals surface area contributed by atoms with E-state index in [4.69, 9.17) is 14.2 Å². The van der Waals surface area contributed by atoms with Crippen LogP contribution in [0, 0.1) is 0 Å². The van der Waals surface area contributed by atoms with Crippen LogP contribution in [0.2, 0.25) is 0 Å². The fourth-order valence-corrected chi connectivity index (χ4v) is 5.29. The molecule has 238 valence electrons. The average molecular weight is 625 g/mol. The van der Waals surface area contributed by atoms with Gasteiger partial charge in [-0.2, -0.15) is 0 Å². The van der Waals surface area contributed by atoms with Crippen molar-refractivity contribution in [3.8, 4) is 22.6 Å². The Balaban J connectivity index is 1.44. The van der Waals surface area contributed by atoms with Gasteiger partial charge < -0.3 is 34.4 Å². The molecule has 2 N–H and O–H groups in total. The maximum Gasteiger partial charge on any atom is 0.305 e. The van der Waals surface area contributed by atoms with Gasteiger partial charge in [-0.05, 0) is 65.2 Å². The van der Waals surface area contributed by atoms with E-state index in [1.54, 1.807) is 43.6 Å². The number of carbonyl (C=O) groups excluding carboxylic acids is 2. The Morgan fingerprint density at radius 3 is 2.41 bits per heavy atom. The van der Waals surface area contributed by atoms with Crippen molar-refractivity contribution < 1.29 is 33.7 Å². The van der Waals surface area contributed by atoms with E-state index in [0.29, 0.717) is 54.6 Å². The largest absolute Gasteiger partial charge is 0.493 e. The Hall–Kier alpha value is -5.42. The van der Waals surface area contributed by atoms with Crippen LogP contribution < -0.4 is 19.7 Å². The Labute approximate surface area is 267 Å². The van der Waals surface area contributed by atoms with Gasteiger partial charge in [-0.1, -0.05) is 24.3 Å². The zero-order valence-corrected chi connectivity index (χ0v) is 25.8. The molecule has 11 nitrogen and oxygen atoms in total. The molecule has 1 saturated heterocycles. The Morgan fingerprint density at radius 1 is 0.913 bits per heavy atom. The number of hydrogen-bond donors (Lipinski definition) is 2. The SMILES string of the molecule is COc1ccc(C(=O)Nc2cc(-c3cccc(CN(CCC(=O)O)C(=O)c4cccnc4)c3)ccc2N2CCOCC2)cc1OC. The number of aromatic nitrogens is 1. The van der Waals surface area contributed by atoms with Gasteiger partial charge in [-0.3, -0.25) is 19.4 Å². The number of morpholine rings is 1. The summed E-state index contributed by atoms with van der Waals surface area (Å²) >= 11 is 0. The van der Waals surface area contributed by atoms with Crippen molar-refractivity contribution in [2.24, 2.45) is 0 Å². The number of nitrogens with zero attached hydrogens (tertiary/aromatic N) is 3. The molecular formula is C35H36N4O7. The van der Waals surface area contributed by atoms with Crippen molar-refractivity contribution in [2.75, 3.05) is 57.3 Å². The third kappa shape index (κ3) is 7.80. The fraction of sp³-hybridized carbons (Fsp3) is 0.257. The number of carbonyl (C=O) groups is 3. The average Bonchev–Trinajstić information content (AvgIpc) is 3.10. The van der Waals surface area contributed by atoms with Crippen molar-refractivity contribution in [3.63, 3.8) is 0 Å². The predicted octanol–water partition coefficient (Wildman–Crippen LogP) is 4.97. The highest BCUT2D eigenvalue weighted by Gasteiger charge is 2.20. The zero-order valence-electron chi connectivity index (χ0n) is 25.8. The molecule has 5 rings (SSSR count). The van der Waals surface area contributed by atoms with E-state index >= 15 is 0 Å². The third-order valence-corrected chi connectivity index (χ3v) is 7.67. The van der Waals surface area contributed by atoms with E-state index in [9.17, 15) is 19.5 Å². The molecule has 1 aliphatic heterocycles. The minimum atomic E-state index is -0.985. The van der Waals surface area contributed by atoms with Crippen LogP contribution in [0.4, 0.5) is 11.4 Å². The molecule has 1 aromatic heterocycles. The molecule has 46 heavy (non-hydrogen) atoms. The second-order valence-electron chi connectivity index (χ2n) is 10.7. The lowest BCUT2D eigenvalue weighted by molar-refractivity contribution is -0.137. The molecule has 0 unspecified atom stereocenters. The van der Waals surface area contributed by atoms with Crippen LogP contribution in [-0.4, -0.2) is 79.8 Å². The molecule has 0 radical (unpaired) electrons. The summed E-state index contributed by atoms with van der Waals surface area (Å²) in [6.45, 7) is 2.81. The summed E-state index contributed by atoms with van der Waals surface area (Å²) in [5.74, 6) is -0.605. The van der Waals surface area contributed by atoms with Crippen LogP contribution in [-0.2, 0) is 16.1 Å². The summed E-state index contributed by atoms with van der Waals surface area (Å²) in [7, 11) is 3.06. The van der Waals surface area contributed by atoms with Crippen LogP contribution >= 0.6 is 0 Å². The number of ether oxygens (including phenoxy) is 3. The van der Waals surface area contributed by atoms with Crippen molar-refractivity contribution in [2.45, 2.75) is 13.0 Å². The van der Waals surface area contributed by atoms with Crippen LogP contribution in [0.1, 0.15) is 32.7 Å². The number of carboxylic acid groups (broad SMARTS) is 1. The van der Waals surface area contributed by atoms with Crippen molar-refractivity contribution in [1.29, 1.82) is 0 Å². The number of rotatable bonds is 12. The number of pyridine rings is 1. The first-order chi connectivity index (χ1) is 22.4. The van der Waals surface area contributed by atoms with Crippen molar-refractivity contribution in [1.82, 2.24) is 9.88 Å². The molecule has 0 atom stereocenters. The molecule has 0 spiro atoms. The van der Waals surface area contributed by atoms with Gasteiger partial charge >= 0.3 is 5.97 Å². The molecule has 2 heterocycles. The number of anilines is 2. The van der Waals surface area contributed by atoms with E-state index in [-0.39, 0.29) is 31.3 Å². The van der Waals surface area contributed by atoms with Gasteiger partial charge in [0.05, 0.1) is 50.8 Å². The molecule has 1 aliphatic rings. The van der Waals surface area contributed by atoms with Gasteiger partial charge in [0.15, 0.2) is 11.5 Å². The molecule has 0 aliphatic carbocycles. The summed E-state index contributed by atoms with van der Waals surface area (Å²) < 4.78 is 16.3. The minimum absolute atomic E-state index is 0.0495. The van der Waals surface area contributed by atoms with Crippen molar-refractivity contribution in [3.05, 3.63) is 102 Å². The summed E-state index contributed by atoms with van der Waals surface area (Å²) in [5, 5.41) is 12.4. The van der Waals surface area contributed by atoms with Crippen molar-refractivity contribution >= 4 is 29.2 Å². The third-order valence-electron chi connectivity index (χ3n) is 7.67. The summed E-state index contributed by atoms with van der Waals surface area (Å²) in [5.41, 5.74) is 4.87. The number of methoxy groups -OCH3 is 2. The normalized spacial score (nSPS) is 12.7. The first-order valence-corrected chi connectivity index (χ1v) is 14.9. The lowest BCUT2D eigenvalue weighted by atomic mass is 10.0. The summed E-state index contributed by atoms with van der Waals surface area (Å²) in [6, 6.07) is 22.0. The lowest BCUT2D eigenvalue weighted by Gasteiger charge is -2.31. The standard InChI is InChI=1S/C35H36N4O7/c1-44-31-11-9-27(21-32(31)45-2)34(42)37-29-20-26(8-10-30(29)38-15-17-46-18-16-38)25-6-3-5-24(19-25)23-39(14-12-33(40)41)35(43)28-7-4-13-36-22-28/h3-11,13,19-22H,12,14-18,23H2,1-2H3,(H,37,42)(H,40,41). The number of nitrogens with one attached hydrogen (secondary N) is 1. The van der Waals surface area contributed by atoms with Gasteiger partial charge in [-0.25, -0.2) is 0 Å². The maximum absolute atomic E-state index is 13.5. The number of amides is 2. The van der Waals surface area contributed by atoms with E-state index < -0.39 is 5.97 Å². The predicted molar refractivity (Wildman–Crippen MR) is 174 cm³/mol. The molecule has 11 heteroatoms. The monoisotopic (exact) mass is 624 g/mol. The lowest BCUT2D eigenvalue weighted by Crippen LogP contribution is -2.36. The molecular weight excluding hydrogens is 588 g/mol. The zero-order chi connectivity index (χ0) is 32.5. The van der Waals surface area contributed by atoms with Crippen LogP contribution in [0.3, 0.4) is 0 Å². The van der Waals surface area contributed by atoms with Gasteiger partial charge in [0.1, 0.15) is 0 Å². The van der Waals surface area contributed by atoms with E-state index in [0.717, 1.165) is 22.4 Å². The van der Waals surface area contributed by atoms with E-state index in [1.807, 2.05) is 42.5 Å². The quantitative estimate of drug-likeness (QED) is 0.224. The molecule has 4 aromatic rings. The van der Waals surface area contributed by atoms with Crippen LogP contribution in [0.15, 0.2) is 85.2 Å². The topological polar surface area (TPSA) is 131 Å². The number of benzene rings is 3.